The Bertz CT molecular complexity index is 904. The number of likely N-dealkylation sites (tertiary alicyclic amines) is 1. The third kappa shape index (κ3) is 3.10. The molecule has 2 aromatic heterocycles. The maximum Gasteiger partial charge on any atom is 0.230 e. The average Bonchev–Trinajstić information content (AvgIpc) is 3.17. The molecule has 0 spiro atoms. The Balaban J connectivity index is 1.80. The van der Waals surface area contributed by atoms with E-state index in [1.54, 1.807) is 0 Å². The van der Waals surface area contributed by atoms with Crippen LogP contribution < -0.4 is 0 Å². The number of thiazole rings is 1. The van der Waals surface area contributed by atoms with Crippen LogP contribution in [-0.2, 0) is 6.42 Å². The fraction of sp³-hybridized carbons (Fsp3) is 0.474. The summed E-state index contributed by atoms with van der Waals surface area (Å²) in [6, 6.07) is 6.48. The van der Waals surface area contributed by atoms with Crippen molar-refractivity contribution in [1.82, 2.24) is 19.5 Å². The fourth-order valence-electron chi connectivity index (χ4n) is 3.75. The van der Waals surface area contributed by atoms with Gasteiger partial charge in [0.15, 0.2) is 5.82 Å². The Morgan fingerprint density at radius 3 is 2.77 bits per heavy atom. The molecule has 4 rings (SSSR count). The number of piperidine rings is 1. The Kier molecular flexibility index (Phi) is 4.67. The predicted octanol–water partition coefficient (Wildman–Crippen LogP) is 4.02. The standard InChI is InChI=1S/C19H23FN4OS/c1-3-15-21-19-24(22-15)18(25)17(26-19)16(13-6-8-14(20)9-7-13)23-10-4-5-12(2)11-23/h6-9,12,16,25H,3-5,10-11H2,1-2H3/t12-,16-/m0/s1. The lowest BCUT2D eigenvalue weighted by Gasteiger charge is -2.37. The zero-order chi connectivity index (χ0) is 18.3. The molecule has 7 heteroatoms. The third-order valence-corrected chi connectivity index (χ3v) is 6.12. The van der Waals surface area contributed by atoms with Gasteiger partial charge in [0.05, 0.1) is 10.9 Å². The molecule has 1 N–H and O–H groups in total. The topological polar surface area (TPSA) is 53.7 Å². The highest BCUT2D eigenvalue weighted by Crippen LogP contribution is 2.41. The lowest BCUT2D eigenvalue weighted by atomic mass is 9.95. The van der Waals surface area contributed by atoms with Crippen LogP contribution in [0.1, 0.15) is 49.0 Å². The number of hydrogen-bond donors (Lipinski definition) is 1. The molecule has 5 nitrogen and oxygen atoms in total. The van der Waals surface area contributed by atoms with Crippen LogP contribution in [0.3, 0.4) is 0 Å². The van der Waals surface area contributed by atoms with Gasteiger partial charge >= 0.3 is 0 Å². The number of aromatic nitrogens is 3. The molecule has 0 bridgehead atoms. The van der Waals surface area contributed by atoms with Crippen molar-refractivity contribution in [3.8, 4) is 5.88 Å². The minimum absolute atomic E-state index is 0.114. The first-order valence-electron chi connectivity index (χ1n) is 9.13. The van der Waals surface area contributed by atoms with E-state index in [9.17, 15) is 9.50 Å². The van der Waals surface area contributed by atoms with Crippen molar-refractivity contribution in [2.75, 3.05) is 13.1 Å². The number of benzene rings is 1. The molecular formula is C19H23FN4OS. The van der Waals surface area contributed by atoms with Gasteiger partial charge in [0.1, 0.15) is 5.82 Å². The lowest BCUT2D eigenvalue weighted by molar-refractivity contribution is 0.149. The first kappa shape index (κ1) is 17.4. The second kappa shape index (κ2) is 6.96. The summed E-state index contributed by atoms with van der Waals surface area (Å²) in [5.74, 6) is 1.22. The SMILES string of the molecule is CCc1nc2sc([C@H](c3ccc(F)cc3)N3CCC[C@H](C)C3)c(O)n2n1. The molecule has 0 saturated carbocycles. The van der Waals surface area contributed by atoms with E-state index >= 15 is 0 Å². The molecule has 26 heavy (non-hydrogen) atoms. The van der Waals surface area contributed by atoms with E-state index in [0.717, 1.165) is 42.2 Å². The minimum Gasteiger partial charge on any atom is -0.492 e. The van der Waals surface area contributed by atoms with Gasteiger partial charge in [0.25, 0.3) is 0 Å². The van der Waals surface area contributed by atoms with Gasteiger partial charge in [-0.1, -0.05) is 37.3 Å². The molecule has 1 fully saturated rings. The number of aryl methyl sites for hydroxylation is 1. The zero-order valence-electron chi connectivity index (χ0n) is 15.0. The third-order valence-electron chi connectivity index (χ3n) is 5.05. The molecule has 0 unspecified atom stereocenters. The van der Waals surface area contributed by atoms with Gasteiger partial charge in [-0.25, -0.2) is 9.37 Å². The number of fused-ring (bicyclic) bond motifs is 1. The van der Waals surface area contributed by atoms with Crippen LogP contribution in [0, 0.1) is 11.7 Å². The Hall–Kier alpha value is -1.99. The fourth-order valence-corrected chi connectivity index (χ4v) is 4.89. The Morgan fingerprint density at radius 2 is 2.12 bits per heavy atom. The Labute approximate surface area is 156 Å². The molecule has 3 heterocycles. The van der Waals surface area contributed by atoms with Crippen molar-refractivity contribution in [3.63, 3.8) is 0 Å². The second-order valence-corrected chi connectivity index (χ2v) is 8.07. The van der Waals surface area contributed by atoms with Gasteiger partial charge in [0, 0.05) is 13.0 Å². The van der Waals surface area contributed by atoms with E-state index in [4.69, 9.17) is 0 Å². The zero-order valence-corrected chi connectivity index (χ0v) is 15.8. The molecule has 1 aromatic carbocycles. The number of nitrogens with zero attached hydrogens (tertiary/aromatic N) is 4. The van der Waals surface area contributed by atoms with E-state index in [1.165, 1.54) is 34.4 Å². The van der Waals surface area contributed by atoms with Crippen LogP contribution in [0.25, 0.3) is 4.96 Å². The van der Waals surface area contributed by atoms with Crippen molar-refractivity contribution < 1.29 is 9.50 Å². The highest BCUT2D eigenvalue weighted by atomic mass is 32.1. The summed E-state index contributed by atoms with van der Waals surface area (Å²) in [7, 11) is 0. The van der Waals surface area contributed by atoms with Crippen LogP contribution >= 0.6 is 11.3 Å². The van der Waals surface area contributed by atoms with Crippen molar-refractivity contribution in [2.45, 2.75) is 39.2 Å². The number of rotatable bonds is 4. The Morgan fingerprint density at radius 1 is 1.35 bits per heavy atom. The first-order valence-corrected chi connectivity index (χ1v) is 9.95. The quantitative estimate of drug-likeness (QED) is 0.749. The van der Waals surface area contributed by atoms with Gasteiger partial charge in [-0.15, -0.1) is 5.10 Å². The van der Waals surface area contributed by atoms with Gasteiger partial charge in [-0.3, -0.25) is 4.90 Å². The highest BCUT2D eigenvalue weighted by Gasteiger charge is 2.31. The molecule has 2 atom stereocenters. The summed E-state index contributed by atoms with van der Waals surface area (Å²) in [4.78, 5) is 8.40. The molecule has 1 saturated heterocycles. The predicted molar refractivity (Wildman–Crippen MR) is 100 cm³/mol. The summed E-state index contributed by atoms with van der Waals surface area (Å²) < 4.78 is 15.0. The van der Waals surface area contributed by atoms with Crippen molar-refractivity contribution in [3.05, 3.63) is 46.3 Å². The number of aromatic hydroxyl groups is 1. The van der Waals surface area contributed by atoms with Crippen LogP contribution in [-0.4, -0.2) is 37.7 Å². The maximum absolute atomic E-state index is 13.5. The highest BCUT2D eigenvalue weighted by molar-refractivity contribution is 7.17. The molecule has 0 aliphatic carbocycles. The summed E-state index contributed by atoms with van der Waals surface area (Å²) in [5, 5.41) is 15.2. The smallest absolute Gasteiger partial charge is 0.230 e. The van der Waals surface area contributed by atoms with Crippen LogP contribution in [0.5, 0.6) is 5.88 Å². The van der Waals surface area contributed by atoms with Crippen LogP contribution in [0.2, 0.25) is 0 Å². The summed E-state index contributed by atoms with van der Waals surface area (Å²) >= 11 is 1.47. The second-order valence-electron chi connectivity index (χ2n) is 7.06. The van der Waals surface area contributed by atoms with Crippen molar-refractivity contribution >= 4 is 16.3 Å². The molecule has 3 aromatic rings. The lowest BCUT2D eigenvalue weighted by Crippen LogP contribution is -2.37. The van der Waals surface area contributed by atoms with Gasteiger partial charge in [-0.2, -0.15) is 4.52 Å². The van der Waals surface area contributed by atoms with Gasteiger partial charge in [0.2, 0.25) is 10.8 Å². The first-order chi connectivity index (χ1) is 12.6. The minimum atomic E-state index is -0.251. The molecule has 138 valence electrons. The van der Waals surface area contributed by atoms with Crippen LogP contribution in [0.15, 0.2) is 24.3 Å². The molecule has 1 aliphatic rings. The van der Waals surface area contributed by atoms with Crippen molar-refractivity contribution in [2.24, 2.45) is 5.92 Å². The monoisotopic (exact) mass is 374 g/mol. The molecular weight excluding hydrogens is 351 g/mol. The van der Waals surface area contributed by atoms with Crippen LogP contribution in [0.4, 0.5) is 4.39 Å². The van der Waals surface area contributed by atoms with Gasteiger partial charge in [-0.05, 0) is 43.0 Å². The number of hydrogen-bond acceptors (Lipinski definition) is 5. The largest absolute Gasteiger partial charge is 0.492 e. The summed E-state index contributed by atoms with van der Waals surface area (Å²) in [5.41, 5.74) is 0.982. The summed E-state index contributed by atoms with van der Waals surface area (Å²) in [6.45, 7) is 6.16. The van der Waals surface area contributed by atoms with E-state index in [-0.39, 0.29) is 17.7 Å². The average molecular weight is 374 g/mol. The maximum atomic E-state index is 13.5. The summed E-state index contributed by atoms with van der Waals surface area (Å²) in [6.07, 6.45) is 3.07. The van der Waals surface area contributed by atoms with E-state index in [1.807, 2.05) is 19.1 Å². The van der Waals surface area contributed by atoms with Gasteiger partial charge < -0.3 is 5.11 Å². The molecule has 0 radical (unpaired) electrons. The molecule has 1 aliphatic heterocycles. The van der Waals surface area contributed by atoms with E-state index < -0.39 is 0 Å². The normalized spacial score (nSPS) is 19.9. The van der Waals surface area contributed by atoms with E-state index in [0.29, 0.717) is 10.9 Å². The van der Waals surface area contributed by atoms with Crippen molar-refractivity contribution in [1.29, 1.82) is 0 Å². The number of halogens is 1. The van der Waals surface area contributed by atoms with E-state index in [2.05, 4.69) is 21.9 Å². The molecule has 0 amide bonds.